The van der Waals surface area contributed by atoms with Crippen LogP contribution in [0.1, 0.15) is 43.1 Å². The Kier molecular flexibility index (Phi) is 5.74. The van der Waals surface area contributed by atoms with E-state index in [4.69, 9.17) is 14.2 Å². The van der Waals surface area contributed by atoms with E-state index in [9.17, 15) is 4.79 Å². The molecule has 0 N–H and O–H groups in total. The van der Waals surface area contributed by atoms with Crippen molar-refractivity contribution in [2.75, 3.05) is 14.2 Å². The van der Waals surface area contributed by atoms with Gasteiger partial charge in [0.1, 0.15) is 11.5 Å². The first-order chi connectivity index (χ1) is 15.3. The largest absolute Gasteiger partial charge is 0.493 e. The minimum Gasteiger partial charge on any atom is -0.493 e. The summed E-state index contributed by atoms with van der Waals surface area (Å²) in [6.45, 7) is 5.97. The fourth-order valence-electron chi connectivity index (χ4n) is 3.90. The Morgan fingerprint density at radius 3 is 2.31 bits per heavy atom. The van der Waals surface area contributed by atoms with Crippen LogP contribution in [0, 0.1) is 5.41 Å². The van der Waals surface area contributed by atoms with Crippen LogP contribution in [0.2, 0.25) is 0 Å². The first kappa shape index (κ1) is 21.6. The molecule has 0 saturated heterocycles. The summed E-state index contributed by atoms with van der Waals surface area (Å²) in [5.74, 6) is 2.76. The number of carbonyl (C=O) groups excluding carboxylic acids is 1. The molecule has 164 valence electrons. The van der Waals surface area contributed by atoms with Gasteiger partial charge in [-0.05, 0) is 42.5 Å². The lowest BCUT2D eigenvalue weighted by Gasteiger charge is -2.28. The number of hydrogen-bond acceptors (Lipinski definition) is 5. The number of ketones is 1. The Morgan fingerprint density at radius 2 is 1.66 bits per heavy atom. The number of fused-ring (bicyclic) bond motifs is 1. The van der Waals surface area contributed by atoms with E-state index in [0.717, 1.165) is 34.2 Å². The van der Waals surface area contributed by atoms with Crippen molar-refractivity contribution < 1.29 is 19.0 Å². The lowest BCUT2D eigenvalue weighted by Crippen LogP contribution is -2.15. The normalized spacial score (nSPS) is 15.0. The highest BCUT2D eigenvalue weighted by Gasteiger charge is 2.25. The molecular weight excluding hydrogens is 402 g/mol. The van der Waals surface area contributed by atoms with Gasteiger partial charge in [0.2, 0.25) is 0 Å². The Hall–Kier alpha value is -3.60. The summed E-state index contributed by atoms with van der Waals surface area (Å²) >= 11 is 0. The summed E-state index contributed by atoms with van der Waals surface area (Å²) in [4.78, 5) is 16.2. The molecule has 0 unspecified atom stereocenters. The van der Waals surface area contributed by atoms with Gasteiger partial charge in [0.15, 0.2) is 17.3 Å². The zero-order chi connectivity index (χ0) is 22.9. The molecule has 5 nitrogen and oxygen atoms in total. The van der Waals surface area contributed by atoms with Crippen LogP contribution in [-0.2, 0) is 0 Å². The number of aromatic nitrogens is 1. The van der Waals surface area contributed by atoms with Crippen molar-refractivity contribution in [3.8, 4) is 17.2 Å². The van der Waals surface area contributed by atoms with Crippen LogP contribution in [0.25, 0.3) is 16.5 Å². The standard InChI is InChI=1S/C27H27NO4/c1-17(29)18-6-8-19(9-7-18)21-16-27(2,3)12-10-23(21)32-24-11-13-28-22-15-26(31-5)25(30-4)14-20(22)24/h6-15H,16H2,1-5H3. The number of ether oxygens (including phenoxy) is 3. The predicted molar refractivity (Wildman–Crippen MR) is 126 cm³/mol. The van der Waals surface area contributed by atoms with E-state index in [1.54, 1.807) is 27.3 Å². The minimum absolute atomic E-state index is 0.00165. The molecule has 1 aromatic heterocycles. The van der Waals surface area contributed by atoms with Gasteiger partial charge in [0, 0.05) is 28.8 Å². The Labute approximate surface area is 188 Å². The van der Waals surface area contributed by atoms with E-state index in [-0.39, 0.29) is 11.2 Å². The highest BCUT2D eigenvalue weighted by atomic mass is 16.5. The first-order valence-corrected chi connectivity index (χ1v) is 10.5. The number of methoxy groups -OCH3 is 2. The molecule has 0 saturated carbocycles. The Bertz CT molecular complexity index is 1240. The van der Waals surface area contributed by atoms with E-state index in [0.29, 0.717) is 22.8 Å². The van der Waals surface area contributed by atoms with Crippen molar-refractivity contribution in [1.29, 1.82) is 0 Å². The molecule has 5 heteroatoms. The highest BCUT2D eigenvalue weighted by molar-refractivity contribution is 5.94. The number of rotatable bonds is 6. The van der Waals surface area contributed by atoms with E-state index in [1.807, 2.05) is 48.5 Å². The smallest absolute Gasteiger partial charge is 0.162 e. The molecule has 1 aliphatic carbocycles. The average molecular weight is 430 g/mol. The number of carbonyl (C=O) groups is 1. The maximum Gasteiger partial charge on any atom is 0.162 e. The SMILES string of the molecule is COc1cc2nccc(OC3=C(c4ccc(C(C)=O)cc4)CC(C)(C)C=C3)c2cc1OC. The van der Waals surface area contributed by atoms with E-state index in [2.05, 4.69) is 24.9 Å². The second-order valence-electron chi connectivity index (χ2n) is 8.61. The molecule has 0 spiro atoms. The average Bonchev–Trinajstić information content (AvgIpc) is 2.79. The maximum atomic E-state index is 11.7. The van der Waals surface area contributed by atoms with Crippen LogP contribution >= 0.6 is 0 Å². The highest BCUT2D eigenvalue weighted by Crippen LogP contribution is 2.41. The quantitative estimate of drug-likeness (QED) is 0.435. The van der Waals surface area contributed by atoms with Crippen LogP contribution in [0.5, 0.6) is 17.2 Å². The van der Waals surface area contributed by atoms with Gasteiger partial charge in [-0.15, -0.1) is 0 Å². The maximum absolute atomic E-state index is 11.7. The van der Waals surface area contributed by atoms with Gasteiger partial charge in [0.25, 0.3) is 0 Å². The van der Waals surface area contributed by atoms with Gasteiger partial charge in [-0.2, -0.15) is 0 Å². The van der Waals surface area contributed by atoms with Crippen LogP contribution in [0.15, 0.2) is 66.6 Å². The molecule has 2 aromatic carbocycles. The molecule has 3 aromatic rings. The number of Topliss-reactive ketones (excluding diaryl/α,β-unsaturated/α-hetero) is 1. The minimum atomic E-state index is -0.00165. The van der Waals surface area contributed by atoms with E-state index in [1.165, 1.54) is 0 Å². The summed E-state index contributed by atoms with van der Waals surface area (Å²) in [5.41, 5.74) is 3.59. The fraction of sp³-hybridized carbons (Fsp3) is 0.259. The van der Waals surface area contributed by atoms with Crippen LogP contribution < -0.4 is 14.2 Å². The molecule has 0 bridgehead atoms. The molecular formula is C27H27NO4. The lowest BCUT2D eigenvalue weighted by molar-refractivity contribution is 0.101. The zero-order valence-electron chi connectivity index (χ0n) is 19.1. The van der Waals surface area contributed by atoms with Gasteiger partial charge in [-0.3, -0.25) is 9.78 Å². The number of nitrogens with zero attached hydrogens (tertiary/aromatic N) is 1. The van der Waals surface area contributed by atoms with Crippen molar-refractivity contribution in [3.63, 3.8) is 0 Å². The van der Waals surface area contributed by atoms with Crippen molar-refractivity contribution in [2.24, 2.45) is 5.41 Å². The monoisotopic (exact) mass is 429 g/mol. The molecule has 0 radical (unpaired) electrons. The van der Waals surface area contributed by atoms with E-state index < -0.39 is 0 Å². The summed E-state index contributed by atoms with van der Waals surface area (Å²) in [6.07, 6.45) is 6.74. The van der Waals surface area contributed by atoms with Crippen LogP contribution in [-0.4, -0.2) is 25.0 Å². The summed E-state index contributed by atoms with van der Waals surface area (Å²) in [6, 6.07) is 13.3. The molecule has 1 heterocycles. The second kappa shape index (κ2) is 8.50. The fourth-order valence-corrected chi connectivity index (χ4v) is 3.90. The third-order valence-electron chi connectivity index (χ3n) is 5.68. The Morgan fingerprint density at radius 1 is 0.969 bits per heavy atom. The summed E-state index contributed by atoms with van der Waals surface area (Å²) in [5, 5.41) is 0.835. The third-order valence-corrected chi connectivity index (χ3v) is 5.68. The van der Waals surface area contributed by atoms with Crippen molar-refractivity contribution >= 4 is 22.3 Å². The van der Waals surface area contributed by atoms with Gasteiger partial charge in [-0.25, -0.2) is 0 Å². The van der Waals surface area contributed by atoms with Gasteiger partial charge in [0.05, 0.1) is 19.7 Å². The first-order valence-electron chi connectivity index (χ1n) is 10.5. The van der Waals surface area contributed by atoms with Crippen molar-refractivity contribution in [3.05, 3.63) is 77.7 Å². The topological polar surface area (TPSA) is 57.7 Å². The molecule has 1 aliphatic rings. The molecule has 4 rings (SSSR count). The number of allylic oxidation sites excluding steroid dienone is 3. The van der Waals surface area contributed by atoms with Gasteiger partial charge >= 0.3 is 0 Å². The second-order valence-corrected chi connectivity index (χ2v) is 8.61. The van der Waals surface area contributed by atoms with E-state index >= 15 is 0 Å². The van der Waals surface area contributed by atoms with Crippen LogP contribution in [0.3, 0.4) is 0 Å². The Balaban J connectivity index is 1.80. The lowest BCUT2D eigenvalue weighted by atomic mass is 9.79. The number of hydrogen-bond donors (Lipinski definition) is 0. The molecule has 0 atom stereocenters. The van der Waals surface area contributed by atoms with Gasteiger partial charge < -0.3 is 14.2 Å². The summed E-state index contributed by atoms with van der Waals surface area (Å²) in [7, 11) is 3.21. The predicted octanol–water partition coefficient (Wildman–Crippen LogP) is 6.23. The zero-order valence-corrected chi connectivity index (χ0v) is 19.1. The number of pyridine rings is 1. The number of benzene rings is 2. The molecule has 32 heavy (non-hydrogen) atoms. The molecule has 0 amide bonds. The van der Waals surface area contributed by atoms with Crippen molar-refractivity contribution in [1.82, 2.24) is 4.98 Å². The van der Waals surface area contributed by atoms with Gasteiger partial charge in [-0.1, -0.05) is 44.2 Å². The molecule has 0 aliphatic heterocycles. The summed E-state index contributed by atoms with van der Waals surface area (Å²) < 4.78 is 17.4. The third kappa shape index (κ3) is 4.24. The van der Waals surface area contributed by atoms with Crippen LogP contribution in [0.4, 0.5) is 0 Å². The van der Waals surface area contributed by atoms with Crippen molar-refractivity contribution in [2.45, 2.75) is 27.2 Å². The molecule has 0 fully saturated rings.